The number of alkyl halides is 3. The first-order valence-electron chi connectivity index (χ1n) is 11.2. The highest BCUT2D eigenvalue weighted by molar-refractivity contribution is 6.03. The fraction of sp³-hybridized carbons (Fsp3) is 0.214. The molecule has 0 aliphatic carbocycles. The van der Waals surface area contributed by atoms with E-state index in [1.54, 1.807) is 0 Å². The van der Waals surface area contributed by atoms with Crippen LogP contribution in [0.3, 0.4) is 0 Å². The van der Waals surface area contributed by atoms with Crippen molar-refractivity contribution in [3.63, 3.8) is 0 Å². The molecule has 35 heavy (non-hydrogen) atoms. The normalized spacial score (nSPS) is 11.8. The van der Waals surface area contributed by atoms with E-state index >= 15 is 0 Å². The molecule has 3 aromatic carbocycles. The summed E-state index contributed by atoms with van der Waals surface area (Å²) in [5, 5.41) is 9.33. The van der Waals surface area contributed by atoms with E-state index in [1.165, 1.54) is 12.1 Å². The zero-order chi connectivity index (χ0) is 25.4. The molecule has 0 saturated heterocycles. The van der Waals surface area contributed by atoms with E-state index in [2.05, 4.69) is 11.6 Å². The van der Waals surface area contributed by atoms with Gasteiger partial charge in [0.1, 0.15) is 5.84 Å². The Labute approximate surface area is 203 Å². The number of aryl methyl sites for hydroxylation is 1. The molecule has 0 aromatic heterocycles. The molecule has 0 aliphatic rings. The number of amidine groups is 1. The number of nitrogens with zero attached hydrogens (tertiary/aromatic N) is 2. The highest BCUT2D eigenvalue weighted by Crippen LogP contribution is 2.31. The Kier molecular flexibility index (Phi) is 8.47. The summed E-state index contributed by atoms with van der Waals surface area (Å²) < 4.78 is 39.7. The van der Waals surface area contributed by atoms with E-state index in [0.717, 1.165) is 28.8 Å². The van der Waals surface area contributed by atoms with Crippen molar-refractivity contribution in [3.05, 3.63) is 113 Å². The summed E-state index contributed by atoms with van der Waals surface area (Å²) in [4.78, 5) is 17.9. The van der Waals surface area contributed by atoms with Gasteiger partial charge in [0.2, 0.25) is 0 Å². The highest BCUT2D eigenvalue weighted by atomic mass is 19.4. The smallest absolute Gasteiger partial charge is 0.416 e. The number of aliphatic imine (C=N–C) groups is 1. The minimum Gasteiger partial charge on any atom is -0.481 e. The van der Waals surface area contributed by atoms with Crippen LogP contribution in [0.15, 0.2) is 90.4 Å². The number of carboxylic acids is 1. The van der Waals surface area contributed by atoms with Crippen molar-refractivity contribution in [2.75, 3.05) is 13.1 Å². The zero-order valence-electron chi connectivity index (χ0n) is 19.4. The molecule has 0 heterocycles. The number of rotatable bonds is 9. The molecule has 0 amide bonds. The zero-order valence-corrected chi connectivity index (χ0v) is 19.4. The van der Waals surface area contributed by atoms with Crippen molar-refractivity contribution in [3.8, 4) is 0 Å². The van der Waals surface area contributed by atoms with Crippen molar-refractivity contribution in [1.29, 1.82) is 0 Å². The number of aliphatic carboxylic acids is 1. The average molecular weight is 481 g/mol. The third-order valence-corrected chi connectivity index (χ3v) is 5.56. The topological polar surface area (TPSA) is 52.9 Å². The molecule has 3 rings (SSSR count). The van der Waals surface area contributed by atoms with Gasteiger partial charge >= 0.3 is 12.1 Å². The number of benzene rings is 3. The fourth-order valence-corrected chi connectivity index (χ4v) is 3.66. The summed E-state index contributed by atoms with van der Waals surface area (Å²) in [5.74, 6) is -0.474. The van der Waals surface area contributed by atoms with Crippen molar-refractivity contribution in [2.24, 2.45) is 4.99 Å². The van der Waals surface area contributed by atoms with Gasteiger partial charge in [-0.1, -0.05) is 73.3 Å². The molecule has 0 unspecified atom stereocenters. The second-order valence-corrected chi connectivity index (χ2v) is 8.14. The number of carboxylic acid groups (broad SMARTS) is 1. The summed E-state index contributed by atoms with van der Waals surface area (Å²) >= 11 is 0. The molecular formula is C28H27F3N2O2. The van der Waals surface area contributed by atoms with E-state index in [-0.39, 0.29) is 24.2 Å². The third-order valence-electron chi connectivity index (χ3n) is 5.56. The predicted octanol–water partition coefficient (Wildman–Crippen LogP) is 6.45. The quantitative estimate of drug-likeness (QED) is 0.283. The van der Waals surface area contributed by atoms with Gasteiger partial charge in [-0.25, -0.2) is 4.99 Å². The average Bonchev–Trinajstić information content (AvgIpc) is 2.83. The van der Waals surface area contributed by atoms with Gasteiger partial charge in [0.25, 0.3) is 0 Å². The number of halogens is 3. The molecule has 0 atom stereocenters. The van der Waals surface area contributed by atoms with Gasteiger partial charge in [0.05, 0.1) is 17.7 Å². The van der Waals surface area contributed by atoms with Crippen LogP contribution >= 0.6 is 0 Å². The van der Waals surface area contributed by atoms with Gasteiger partial charge in [-0.15, -0.1) is 0 Å². The van der Waals surface area contributed by atoms with Crippen molar-refractivity contribution < 1.29 is 23.1 Å². The molecule has 0 fully saturated rings. The maximum absolute atomic E-state index is 13.2. The first-order chi connectivity index (χ1) is 16.6. The molecule has 4 nitrogen and oxygen atoms in total. The van der Waals surface area contributed by atoms with E-state index in [9.17, 15) is 23.1 Å². The minimum absolute atomic E-state index is 0.115. The molecule has 0 bridgehead atoms. The van der Waals surface area contributed by atoms with Crippen LogP contribution in [0.1, 0.15) is 34.2 Å². The molecule has 182 valence electrons. The van der Waals surface area contributed by atoms with Gasteiger partial charge in [-0.2, -0.15) is 13.2 Å². The fourth-order valence-electron chi connectivity index (χ4n) is 3.66. The summed E-state index contributed by atoms with van der Waals surface area (Å²) in [6, 6.07) is 22.1. The second-order valence-electron chi connectivity index (χ2n) is 8.14. The first kappa shape index (κ1) is 25.7. The van der Waals surface area contributed by atoms with Gasteiger partial charge < -0.3 is 10.0 Å². The SMILES string of the molecule is C=C(N=C(c1ccccc1C)N(CCC(=O)O)CCc1ccccc1)c1cccc(C(F)(F)F)c1. The molecule has 0 aliphatic heterocycles. The van der Waals surface area contributed by atoms with E-state index in [4.69, 9.17) is 0 Å². The lowest BCUT2D eigenvalue weighted by atomic mass is 10.0. The first-order valence-corrected chi connectivity index (χ1v) is 11.2. The van der Waals surface area contributed by atoms with Crippen molar-refractivity contribution >= 4 is 17.5 Å². The lowest BCUT2D eigenvalue weighted by Gasteiger charge is -2.27. The molecule has 0 spiro atoms. The Bertz CT molecular complexity index is 1200. The number of carbonyl (C=O) groups is 1. The maximum Gasteiger partial charge on any atom is 0.416 e. The summed E-state index contributed by atoms with van der Waals surface area (Å²) in [6.07, 6.45) is -3.96. The summed E-state index contributed by atoms with van der Waals surface area (Å²) in [6.45, 7) is 6.51. The summed E-state index contributed by atoms with van der Waals surface area (Å²) in [7, 11) is 0. The van der Waals surface area contributed by atoms with E-state index in [1.807, 2.05) is 66.4 Å². The van der Waals surface area contributed by atoms with Crippen LogP contribution in [0.4, 0.5) is 13.2 Å². The second kappa shape index (κ2) is 11.5. The van der Waals surface area contributed by atoms with Crippen LogP contribution in [0.5, 0.6) is 0 Å². The Morgan fingerprint density at radius 2 is 1.66 bits per heavy atom. The molecule has 0 radical (unpaired) electrons. The largest absolute Gasteiger partial charge is 0.481 e. The van der Waals surface area contributed by atoms with E-state index < -0.39 is 17.7 Å². The standard InChI is InChI=1S/C28H27F3N2O2/c1-20-9-6-7-14-25(20)27(32-21(2)23-12-8-13-24(19-23)28(29,30)31)33(18-16-26(34)35)17-15-22-10-4-3-5-11-22/h3-14,19H,2,15-18H2,1H3,(H,34,35). The van der Waals surface area contributed by atoms with Crippen LogP contribution in [0.25, 0.3) is 5.70 Å². The van der Waals surface area contributed by atoms with Crippen LogP contribution in [-0.4, -0.2) is 34.9 Å². The lowest BCUT2D eigenvalue weighted by molar-refractivity contribution is -0.138. The van der Waals surface area contributed by atoms with Gasteiger partial charge in [0.15, 0.2) is 0 Å². The van der Waals surface area contributed by atoms with E-state index in [0.29, 0.717) is 18.8 Å². The number of hydrogen-bond acceptors (Lipinski definition) is 2. The Morgan fingerprint density at radius 1 is 0.971 bits per heavy atom. The van der Waals surface area contributed by atoms with Gasteiger partial charge in [-0.05, 0) is 36.6 Å². The van der Waals surface area contributed by atoms with Crippen LogP contribution < -0.4 is 0 Å². The monoisotopic (exact) mass is 480 g/mol. The van der Waals surface area contributed by atoms with Gasteiger partial charge in [-0.3, -0.25) is 4.79 Å². The molecule has 7 heteroatoms. The van der Waals surface area contributed by atoms with Crippen molar-refractivity contribution in [1.82, 2.24) is 4.90 Å². The van der Waals surface area contributed by atoms with Crippen LogP contribution in [-0.2, 0) is 17.4 Å². The Balaban J connectivity index is 2.03. The summed E-state index contributed by atoms with van der Waals surface area (Å²) in [5.41, 5.74) is 2.37. The Morgan fingerprint density at radius 3 is 2.31 bits per heavy atom. The predicted molar refractivity (Wildman–Crippen MR) is 132 cm³/mol. The van der Waals surface area contributed by atoms with Crippen LogP contribution in [0, 0.1) is 6.92 Å². The lowest BCUT2D eigenvalue weighted by Crippen LogP contribution is -2.36. The maximum atomic E-state index is 13.2. The molecule has 0 saturated carbocycles. The van der Waals surface area contributed by atoms with Crippen LogP contribution in [0.2, 0.25) is 0 Å². The molecule has 1 N–H and O–H groups in total. The number of hydrogen-bond donors (Lipinski definition) is 1. The molecule has 3 aromatic rings. The minimum atomic E-state index is -4.48. The molecular weight excluding hydrogens is 453 g/mol. The third kappa shape index (κ3) is 7.30. The highest BCUT2D eigenvalue weighted by Gasteiger charge is 2.30. The van der Waals surface area contributed by atoms with Crippen molar-refractivity contribution in [2.45, 2.75) is 25.9 Å². The van der Waals surface area contributed by atoms with Gasteiger partial charge in [0, 0.05) is 24.2 Å². The Hall–Kier alpha value is -3.87.